The molecule has 2 aliphatic rings. The number of hydrogen-bond acceptors (Lipinski definition) is 0. The zero-order valence-electron chi connectivity index (χ0n) is 6.02. The first-order valence-electron chi connectivity index (χ1n) is 3.14. The summed E-state index contributed by atoms with van der Waals surface area (Å²) in [5.74, 6) is 0. The van der Waals surface area contributed by atoms with Crippen molar-refractivity contribution in [3.8, 4) is 24.0 Å². The SMILES string of the molecule is C#C.FC(F)(F)c1cc2ccc1-2. The summed E-state index contributed by atoms with van der Waals surface area (Å²) in [6.45, 7) is 0. The molecule has 2 aliphatic carbocycles. The van der Waals surface area contributed by atoms with E-state index in [4.69, 9.17) is 0 Å². The van der Waals surface area contributed by atoms with Crippen molar-refractivity contribution in [3.63, 3.8) is 0 Å². The van der Waals surface area contributed by atoms with Crippen molar-refractivity contribution < 1.29 is 13.2 Å². The van der Waals surface area contributed by atoms with Crippen LogP contribution in [0.15, 0.2) is 18.2 Å². The lowest BCUT2D eigenvalue weighted by Crippen LogP contribution is -2.12. The van der Waals surface area contributed by atoms with Crippen LogP contribution < -0.4 is 0 Å². The standard InChI is InChI=1S/C7H3F3.C2H2/c8-7(9,10)6-3-4-1-2-5(4)6;1-2/h1-3H;1-2H. The van der Waals surface area contributed by atoms with E-state index < -0.39 is 11.7 Å². The number of terminal acetylenes is 1. The van der Waals surface area contributed by atoms with Crippen molar-refractivity contribution in [3.05, 3.63) is 23.8 Å². The van der Waals surface area contributed by atoms with E-state index in [9.17, 15) is 13.2 Å². The Morgan fingerprint density at radius 2 is 1.67 bits per heavy atom. The second-order valence-electron chi connectivity index (χ2n) is 2.26. The summed E-state index contributed by atoms with van der Waals surface area (Å²) in [6.07, 6.45) is 3.85. The first-order valence-corrected chi connectivity index (χ1v) is 3.14. The molecule has 0 aromatic rings. The maximum absolute atomic E-state index is 11.8. The number of rotatable bonds is 0. The topological polar surface area (TPSA) is 0 Å². The van der Waals surface area contributed by atoms with Crippen LogP contribution in [0.1, 0.15) is 5.56 Å². The normalized spacial score (nSPS) is 11.4. The van der Waals surface area contributed by atoms with Gasteiger partial charge < -0.3 is 0 Å². The maximum atomic E-state index is 11.8. The third-order valence-electron chi connectivity index (χ3n) is 1.64. The predicted molar refractivity (Wildman–Crippen MR) is 40.3 cm³/mol. The van der Waals surface area contributed by atoms with E-state index in [2.05, 4.69) is 12.8 Å². The highest BCUT2D eigenvalue weighted by Crippen LogP contribution is 2.45. The molecule has 0 amide bonds. The summed E-state index contributed by atoms with van der Waals surface area (Å²) in [7, 11) is 0. The van der Waals surface area contributed by atoms with Gasteiger partial charge in [0.25, 0.3) is 0 Å². The van der Waals surface area contributed by atoms with Gasteiger partial charge in [0.15, 0.2) is 0 Å². The third-order valence-corrected chi connectivity index (χ3v) is 1.64. The van der Waals surface area contributed by atoms with Gasteiger partial charge >= 0.3 is 6.18 Å². The highest BCUT2D eigenvalue weighted by atomic mass is 19.4. The number of alkyl halides is 3. The molecule has 0 aromatic carbocycles. The molecule has 62 valence electrons. The zero-order valence-corrected chi connectivity index (χ0v) is 6.02. The molecule has 0 spiro atoms. The Hall–Kier alpha value is -1.43. The van der Waals surface area contributed by atoms with E-state index >= 15 is 0 Å². The average Bonchev–Trinajstić information content (AvgIpc) is 1.97. The molecule has 0 aliphatic heterocycles. The number of benzene rings is 1. The molecule has 0 radical (unpaired) electrons. The molecule has 0 atom stereocenters. The van der Waals surface area contributed by atoms with E-state index in [-0.39, 0.29) is 0 Å². The van der Waals surface area contributed by atoms with Crippen molar-refractivity contribution in [1.82, 2.24) is 0 Å². The molecule has 12 heavy (non-hydrogen) atoms. The van der Waals surface area contributed by atoms with E-state index in [0.29, 0.717) is 5.56 Å². The number of halogens is 3. The molecule has 0 unspecified atom stereocenters. The molecule has 3 heteroatoms. The fraction of sp³-hybridized carbons (Fsp3) is 0.111. The van der Waals surface area contributed by atoms with Gasteiger partial charge in [0.1, 0.15) is 0 Å². The maximum Gasteiger partial charge on any atom is 0.417 e. The average molecular weight is 170 g/mol. The minimum Gasteiger partial charge on any atom is -0.166 e. The molecule has 2 rings (SSSR count). The lowest BCUT2D eigenvalue weighted by Gasteiger charge is -2.22. The second-order valence-corrected chi connectivity index (χ2v) is 2.26. The predicted octanol–water partition coefficient (Wildman–Crippen LogP) is 2.94. The Morgan fingerprint density at radius 1 is 1.08 bits per heavy atom. The number of hydrogen-bond donors (Lipinski definition) is 0. The molecule has 0 heterocycles. The van der Waals surface area contributed by atoms with Crippen LogP contribution in [0.4, 0.5) is 13.2 Å². The van der Waals surface area contributed by atoms with Crippen LogP contribution >= 0.6 is 0 Å². The fourth-order valence-corrected chi connectivity index (χ4v) is 1.02. The Morgan fingerprint density at radius 3 is 1.75 bits per heavy atom. The lowest BCUT2D eigenvalue weighted by atomic mass is 9.86. The summed E-state index contributed by atoms with van der Waals surface area (Å²) in [5.41, 5.74) is 0.616. The quantitative estimate of drug-likeness (QED) is 0.533. The van der Waals surface area contributed by atoms with Gasteiger partial charge in [-0.25, -0.2) is 0 Å². The molecule has 0 saturated carbocycles. The fourth-order valence-electron chi connectivity index (χ4n) is 1.02. The van der Waals surface area contributed by atoms with Gasteiger partial charge in [-0.15, -0.1) is 12.8 Å². The minimum absolute atomic E-state index is 0.368. The molecular formula is C9H5F3. The smallest absolute Gasteiger partial charge is 0.166 e. The molecular weight excluding hydrogens is 165 g/mol. The summed E-state index contributed by atoms with van der Waals surface area (Å²) >= 11 is 0. The summed E-state index contributed by atoms with van der Waals surface area (Å²) in [5, 5.41) is 0. The Bertz CT molecular complexity index is 320. The van der Waals surface area contributed by atoms with E-state index in [0.717, 1.165) is 11.6 Å². The summed E-state index contributed by atoms with van der Waals surface area (Å²) < 4.78 is 35.5. The Kier molecular flexibility index (Phi) is 1.85. The molecule has 0 bridgehead atoms. The van der Waals surface area contributed by atoms with Crippen LogP contribution in [-0.4, -0.2) is 0 Å². The lowest BCUT2D eigenvalue weighted by molar-refractivity contribution is -0.137. The van der Waals surface area contributed by atoms with Crippen molar-refractivity contribution in [2.45, 2.75) is 6.18 Å². The Labute approximate surface area is 68.0 Å². The first-order chi connectivity index (χ1) is 5.59. The van der Waals surface area contributed by atoms with E-state index in [1.165, 1.54) is 6.07 Å². The van der Waals surface area contributed by atoms with Crippen LogP contribution in [-0.2, 0) is 6.18 Å². The van der Waals surface area contributed by atoms with Gasteiger partial charge in [-0.1, -0.05) is 12.1 Å². The number of fused-ring (bicyclic) bond motifs is 1. The monoisotopic (exact) mass is 170 g/mol. The van der Waals surface area contributed by atoms with Gasteiger partial charge in [-0.05, 0) is 17.2 Å². The van der Waals surface area contributed by atoms with Crippen molar-refractivity contribution >= 4 is 0 Å². The van der Waals surface area contributed by atoms with Crippen LogP contribution in [0.3, 0.4) is 0 Å². The Balaban J connectivity index is 0.000000336. The van der Waals surface area contributed by atoms with Gasteiger partial charge in [-0.3, -0.25) is 0 Å². The van der Waals surface area contributed by atoms with Gasteiger partial charge in [0, 0.05) is 0 Å². The van der Waals surface area contributed by atoms with Crippen LogP contribution in [0.2, 0.25) is 0 Å². The zero-order chi connectivity index (χ0) is 9.35. The van der Waals surface area contributed by atoms with Crippen LogP contribution in [0.25, 0.3) is 11.1 Å². The summed E-state index contributed by atoms with van der Waals surface area (Å²) in [6, 6.07) is 4.32. The molecule has 0 nitrogen and oxygen atoms in total. The van der Waals surface area contributed by atoms with Crippen molar-refractivity contribution in [2.24, 2.45) is 0 Å². The molecule has 0 N–H and O–H groups in total. The summed E-state index contributed by atoms with van der Waals surface area (Å²) in [4.78, 5) is 0. The first kappa shape index (κ1) is 8.66. The molecule has 0 aromatic heterocycles. The van der Waals surface area contributed by atoms with Gasteiger partial charge in [0.2, 0.25) is 0 Å². The van der Waals surface area contributed by atoms with Crippen LogP contribution in [0, 0.1) is 12.8 Å². The largest absolute Gasteiger partial charge is 0.417 e. The van der Waals surface area contributed by atoms with Crippen LogP contribution in [0.5, 0.6) is 0 Å². The minimum atomic E-state index is -4.15. The molecule has 0 fully saturated rings. The van der Waals surface area contributed by atoms with Crippen molar-refractivity contribution in [1.29, 1.82) is 0 Å². The van der Waals surface area contributed by atoms with E-state index in [1.807, 2.05) is 0 Å². The molecule has 0 saturated heterocycles. The third kappa shape index (κ3) is 1.06. The van der Waals surface area contributed by atoms with Gasteiger partial charge in [0.05, 0.1) is 5.56 Å². The second kappa shape index (κ2) is 2.56. The van der Waals surface area contributed by atoms with E-state index in [1.54, 1.807) is 6.07 Å². The van der Waals surface area contributed by atoms with Crippen molar-refractivity contribution in [2.75, 3.05) is 0 Å². The highest BCUT2D eigenvalue weighted by Gasteiger charge is 2.38. The van der Waals surface area contributed by atoms with Gasteiger partial charge in [-0.2, -0.15) is 13.2 Å². The highest BCUT2D eigenvalue weighted by molar-refractivity contribution is 5.81.